The third kappa shape index (κ3) is 3.20. The fraction of sp³-hybridized carbons (Fsp3) is 0.636. The average molecular weight is 306 g/mol. The zero-order chi connectivity index (χ0) is 11.4. The van der Waals surface area contributed by atoms with Crippen LogP contribution in [0.5, 0.6) is 5.06 Å². The van der Waals surface area contributed by atoms with E-state index in [1.54, 1.807) is 18.4 Å². The summed E-state index contributed by atoms with van der Waals surface area (Å²) in [4.78, 5) is 1.30. The van der Waals surface area contributed by atoms with E-state index in [1.165, 1.54) is 4.88 Å². The van der Waals surface area contributed by atoms with E-state index in [4.69, 9.17) is 9.47 Å². The minimum atomic E-state index is 0.598. The molecule has 0 radical (unpaired) electrons. The summed E-state index contributed by atoms with van der Waals surface area (Å²) in [6, 6.07) is 2.72. The molecular formula is C11H16BrNO2S. The number of rotatable bonds is 4. The number of nitrogens with one attached hydrogen (secondary N) is 1. The van der Waals surface area contributed by atoms with Crippen molar-refractivity contribution in [1.29, 1.82) is 0 Å². The van der Waals surface area contributed by atoms with Gasteiger partial charge in [-0.2, -0.15) is 0 Å². The largest absolute Gasteiger partial charge is 0.486 e. The van der Waals surface area contributed by atoms with E-state index in [0.29, 0.717) is 6.04 Å². The molecule has 1 aromatic rings. The average Bonchev–Trinajstić information content (AvgIpc) is 2.69. The van der Waals surface area contributed by atoms with Gasteiger partial charge in [-0.05, 0) is 34.8 Å². The molecule has 2 heterocycles. The van der Waals surface area contributed by atoms with E-state index < -0.39 is 0 Å². The van der Waals surface area contributed by atoms with Crippen molar-refractivity contribution < 1.29 is 9.47 Å². The van der Waals surface area contributed by atoms with Crippen LogP contribution >= 0.6 is 27.3 Å². The van der Waals surface area contributed by atoms with E-state index in [2.05, 4.69) is 27.3 Å². The highest BCUT2D eigenvalue weighted by Gasteiger charge is 2.14. The van der Waals surface area contributed by atoms with Gasteiger partial charge in [-0.15, -0.1) is 11.3 Å². The van der Waals surface area contributed by atoms with Crippen LogP contribution in [-0.2, 0) is 11.3 Å². The summed E-state index contributed by atoms with van der Waals surface area (Å²) in [7, 11) is 1.70. The van der Waals surface area contributed by atoms with Crippen molar-refractivity contribution in [3.63, 3.8) is 0 Å². The minimum Gasteiger partial charge on any atom is -0.486 e. The van der Waals surface area contributed by atoms with Crippen LogP contribution in [0.1, 0.15) is 17.7 Å². The van der Waals surface area contributed by atoms with E-state index in [9.17, 15) is 0 Å². The predicted octanol–water partition coefficient (Wildman–Crippen LogP) is 2.79. The molecule has 1 aliphatic heterocycles. The minimum absolute atomic E-state index is 0.598. The summed E-state index contributed by atoms with van der Waals surface area (Å²) in [6.07, 6.45) is 2.23. The second-order valence-corrected chi connectivity index (χ2v) is 5.77. The van der Waals surface area contributed by atoms with Crippen molar-refractivity contribution in [3.8, 4) is 5.06 Å². The molecule has 0 aliphatic carbocycles. The summed E-state index contributed by atoms with van der Waals surface area (Å²) in [5.74, 6) is 0. The molecule has 1 aromatic heterocycles. The van der Waals surface area contributed by atoms with Crippen LogP contribution in [0.15, 0.2) is 10.5 Å². The SMILES string of the molecule is COc1sc(CNC2CCOCC2)cc1Br. The third-order valence-electron chi connectivity index (χ3n) is 2.68. The molecule has 16 heavy (non-hydrogen) atoms. The van der Waals surface area contributed by atoms with Gasteiger partial charge >= 0.3 is 0 Å². The van der Waals surface area contributed by atoms with Crippen LogP contribution in [0.3, 0.4) is 0 Å². The highest BCUT2D eigenvalue weighted by Crippen LogP contribution is 2.34. The van der Waals surface area contributed by atoms with Gasteiger partial charge in [0.15, 0.2) is 5.06 Å². The van der Waals surface area contributed by atoms with Crippen LogP contribution in [0.4, 0.5) is 0 Å². The molecule has 0 unspecified atom stereocenters. The summed E-state index contributed by atoms with van der Waals surface area (Å²) in [5, 5.41) is 4.50. The molecule has 5 heteroatoms. The molecule has 3 nitrogen and oxygen atoms in total. The first kappa shape index (κ1) is 12.4. The maximum atomic E-state index is 5.33. The van der Waals surface area contributed by atoms with Gasteiger partial charge in [0, 0.05) is 30.7 Å². The van der Waals surface area contributed by atoms with Gasteiger partial charge in [0.1, 0.15) is 0 Å². The summed E-state index contributed by atoms with van der Waals surface area (Å²) >= 11 is 5.17. The Morgan fingerprint density at radius 1 is 1.56 bits per heavy atom. The molecule has 1 N–H and O–H groups in total. The summed E-state index contributed by atoms with van der Waals surface area (Å²) < 4.78 is 11.6. The molecule has 0 aromatic carbocycles. The van der Waals surface area contributed by atoms with Crippen molar-refractivity contribution in [3.05, 3.63) is 15.4 Å². The maximum Gasteiger partial charge on any atom is 0.188 e. The quantitative estimate of drug-likeness (QED) is 0.928. The molecule has 90 valence electrons. The Morgan fingerprint density at radius 3 is 2.94 bits per heavy atom. The number of hydrogen-bond acceptors (Lipinski definition) is 4. The van der Waals surface area contributed by atoms with Gasteiger partial charge in [0.05, 0.1) is 11.6 Å². The lowest BCUT2D eigenvalue weighted by Gasteiger charge is -2.22. The van der Waals surface area contributed by atoms with Crippen molar-refractivity contribution in [2.45, 2.75) is 25.4 Å². The van der Waals surface area contributed by atoms with E-state index >= 15 is 0 Å². The number of halogens is 1. The molecule has 0 atom stereocenters. The Labute approximate surface area is 108 Å². The Hall–Kier alpha value is -0.100. The molecule has 2 rings (SSSR count). The Kier molecular flexibility index (Phi) is 4.64. The lowest BCUT2D eigenvalue weighted by Crippen LogP contribution is -2.34. The molecule has 0 spiro atoms. The number of ether oxygens (including phenoxy) is 2. The van der Waals surface area contributed by atoms with Crippen molar-refractivity contribution >= 4 is 27.3 Å². The fourth-order valence-corrected chi connectivity index (χ4v) is 3.41. The van der Waals surface area contributed by atoms with Crippen LogP contribution < -0.4 is 10.1 Å². The molecule has 0 bridgehead atoms. The van der Waals surface area contributed by atoms with E-state index in [-0.39, 0.29) is 0 Å². The lowest BCUT2D eigenvalue weighted by atomic mass is 10.1. The molecule has 1 saturated heterocycles. The van der Waals surface area contributed by atoms with Gasteiger partial charge < -0.3 is 14.8 Å². The topological polar surface area (TPSA) is 30.5 Å². The molecular weight excluding hydrogens is 290 g/mol. The summed E-state index contributed by atoms with van der Waals surface area (Å²) in [5.41, 5.74) is 0. The van der Waals surface area contributed by atoms with Crippen molar-refractivity contribution in [2.24, 2.45) is 0 Å². The monoisotopic (exact) mass is 305 g/mol. The van der Waals surface area contributed by atoms with E-state index in [0.717, 1.165) is 42.1 Å². The fourth-order valence-electron chi connectivity index (χ4n) is 1.77. The second kappa shape index (κ2) is 6.00. The lowest BCUT2D eigenvalue weighted by molar-refractivity contribution is 0.0777. The first-order valence-corrected chi connectivity index (χ1v) is 7.04. The van der Waals surface area contributed by atoms with Gasteiger partial charge in [-0.25, -0.2) is 0 Å². The maximum absolute atomic E-state index is 5.33. The van der Waals surface area contributed by atoms with Crippen LogP contribution in [0.25, 0.3) is 0 Å². The molecule has 0 amide bonds. The number of hydrogen-bond donors (Lipinski definition) is 1. The smallest absolute Gasteiger partial charge is 0.188 e. The van der Waals surface area contributed by atoms with Crippen LogP contribution in [-0.4, -0.2) is 26.4 Å². The number of methoxy groups -OCH3 is 1. The highest BCUT2D eigenvalue weighted by molar-refractivity contribution is 9.10. The first-order valence-electron chi connectivity index (χ1n) is 5.43. The molecule has 1 aliphatic rings. The first-order chi connectivity index (χ1) is 7.79. The highest BCUT2D eigenvalue weighted by atomic mass is 79.9. The molecule has 0 saturated carbocycles. The predicted molar refractivity (Wildman–Crippen MR) is 69.3 cm³/mol. The Morgan fingerprint density at radius 2 is 2.31 bits per heavy atom. The zero-order valence-corrected chi connectivity index (χ0v) is 11.7. The van der Waals surface area contributed by atoms with Gasteiger partial charge in [0.25, 0.3) is 0 Å². The Balaban J connectivity index is 1.83. The third-order valence-corrected chi connectivity index (χ3v) is 4.63. The number of thiophene rings is 1. The zero-order valence-electron chi connectivity index (χ0n) is 9.29. The second-order valence-electron chi connectivity index (χ2n) is 3.82. The van der Waals surface area contributed by atoms with Crippen LogP contribution in [0, 0.1) is 0 Å². The van der Waals surface area contributed by atoms with Crippen molar-refractivity contribution in [1.82, 2.24) is 5.32 Å². The molecule has 1 fully saturated rings. The van der Waals surface area contributed by atoms with E-state index in [1.807, 2.05) is 0 Å². The normalized spacial score (nSPS) is 17.6. The Bertz CT molecular complexity index is 337. The van der Waals surface area contributed by atoms with Gasteiger partial charge in [-0.3, -0.25) is 0 Å². The van der Waals surface area contributed by atoms with Crippen molar-refractivity contribution in [2.75, 3.05) is 20.3 Å². The standard InChI is InChI=1S/C11H16BrNO2S/c1-14-11-10(12)6-9(16-11)7-13-8-2-4-15-5-3-8/h6,8,13H,2-5,7H2,1H3. The summed E-state index contributed by atoms with van der Waals surface area (Å²) in [6.45, 7) is 2.68. The van der Waals surface area contributed by atoms with Gasteiger partial charge in [-0.1, -0.05) is 0 Å². The van der Waals surface area contributed by atoms with Crippen LogP contribution in [0.2, 0.25) is 0 Å². The van der Waals surface area contributed by atoms with Gasteiger partial charge in [0.2, 0.25) is 0 Å².